The van der Waals surface area contributed by atoms with Gasteiger partial charge in [0.05, 0.1) is 12.0 Å². The van der Waals surface area contributed by atoms with Crippen LogP contribution in [-0.4, -0.2) is 34.6 Å². The molecule has 0 N–H and O–H groups in total. The maximum Gasteiger partial charge on any atom is 0.266 e. The first kappa shape index (κ1) is 15.8. The molecule has 1 aliphatic rings. The highest BCUT2D eigenvalue weighted by Crippen LogP contribution is 2.34. The molecule has 0 saturated carbocycles. The van der Waals surface area contributed by atoms with Gasteiger partial charge in [0.2, 0.25) is 5.13 Å². The number of hydrogen-bond acceptors (Lipinski definition) is 6. The maximum atomic E-state index is 12.5. The van der Waals surface area contributed by atoms with Crippen LogP contribution in [0, 0.1) is 0 Å². The molecule has 7 heteroatoms. The van der Waals surface area contributed by atoms with Gasteiger partial charge in [-0.05, 0) is 42.5 Å². The summed E-state index contributed by atoms with van der Waals surface area (Å²) in [5.74, 6) is 0.731. The second kappa shape index (κ2) is 6.97. The number of hydrogen-bond donors (Lipinski definition) is 0. The molecule has 0 atom stereocenters. The number of carbonyl (C=O) groups is 1. The van der Waals surface area contributed by atoms with E-state index in [9.17, 15) is 4.79 Å². The molecule has 1 aliphatic heterocycles. The second-order valence-electron chi connectivity index (χ2n) is 4.65. The van der Waals surface area contributed by atoms with Crippen LogP contribution < -0.4 is 4.74 Å². The summed E-state index contributed by atoms with van der Waals surface area (Å²) < 4.78 is 5.22. The number of methoxy groups -OCH3 is 1. The number of thioether (sulfide) groups is 1. The van der Waals surface area contributed by atoms with Crippen LogP contribution in [0.2, 0.25) is 0 Å². The fourth-order valence-electron chi connectivity index (χ4n) is 2.11. The number of ether oxygens (including phenoxy) is 1. The molecule has 1 aromatic heterocycles. The minimum absolute atomic E-state index is 0.0318. The van der Waals surface area contributed by atoms with E-state index in [1.165, 1.54) is 23.1 Å². The molecule has 0 unspecified atom stereocenters. The Bertz CT molecular complexity index is 769. The van der Waals surface area contributed by atoms with Crippen molar-refractivity contribution in [3.8, 4) is 5.75 Å². The lowest BCUT2D eigenvalue weighted by Gasteiger charge is -2.11. The van der Waals surface area contributed by atoms with Crippen molar-refractivity contribution in [2.75, 3.05) is 13.7 Å². The molecule has 0 aliphatic carbocycles. The average Bonchev–Trinajstić information content (AvgIpc) is 3.17. The van der Waals surface area contributed by atoms with Gasteiger partial charge in [-0.25, -0.2) is 4.98 Å². The maximum absolute atomic E-state index is 12.5. The minimum Gasteiger partial charge on any atom is -0.497 e. The third-order valence-corrected chi connectivity index (χ3v) is 4.88. The van der Waals surface area contributed by atoms with Crippen molar-refractivity contribution in [1.82, 2.24) is 9.88 Å². The Kier molecular flexibility index (Phi) is 4.78. The molecule has 3 rings (SSSR count). The first-order valence-corrected chi connectivity index (χ1v) is 8.74. The summed E-state index contributed by atoms with van der Waals surface area (Å²) in [6, 6.07) is 7.61. The van der Waals surface area contributed by atoms with Gasteiger partial charge in [-0.1, -0.05) is 12.1 Å². The number of aromatic nitrogens is 1. The Hall–Kier alpha value is -2.12. The molecule has 1 amide bonds. The van der Waals surface area contributed by atoms with Gasteiger partial charge in [0.1, 0.15) is 5.75 Å². The van der Waals surface area contributed by atoms with Gasteiger partial charge in [-0.15, -0.1) is 11.3 Å². The molecule has 1 aromatic carbocycles. The van der Waals surface area contributed by atoms with Gasteiger partial charge in [-0.3, -0.25) is 9.69 Å². The molecule has 5 nitrogen and oxygen atoms in total. The van der Waals surface area contributed by atoms with Crippen molar-refractivity contribution in [2.45, 2.75) is 6.92 Å². The van der Waals surface area contributed by atoms with Crippen LogP contribution in [0.4, 0.5) is 5.13 Å². The summed E-state index contributed by atoms with van der Waals surface area (Å²) in [7, 11) is 1.62. The smallest absolute Gasteiger partial charge is 0.266 e. The highest BCUT2D eigenvalue weighted by Gasteiger charge is 2.32. The van der Waals surface area contributed by atoms with Crippen LogP contribution in [0.3, 0.4) is 0 Å². The molecule has 2 heterocycles. The third-order valence-electron chi connectivity index (χ3n) is 3.21. The first-order valence-electron chi connectivity index (χ1n) is 7.05. The van der Waals surface area contributed by atoms with Crippen molar-refractivity contribution in [3.63, 3.8) is 0 Å². The summed E-state index contributed by atoms with van der Waals surface area (Å²) in [6.45, 7) is 2.51. The number of likely N-dealkylation sites (N-methyl/N-ethyl adjacent to an activating group) is 1. The van der Waals surface area contributed by atoms with Gasteiger partial charge in [0.25, 0.3) is 5.91 Å². The average molecular weight is 345 g/mol. The lowest BCUT2D eigenvalue weighted by molar-refractivity contribution is -0.122. The highest BCUT2D eigenvalue weighted by molar-refractivity contribution is 8.18. The number of nitrogens with zero attached hydrogens (tertiary/aromatic N) is 3. The molecule has 23 heavy (non-hydrogen) atoms. The summed E-state index contributed by atoms with van der Waals surface area (Å²) in [6.07, 6.45) is 3.57. The van der Waals surface area contributed by atoms with Crippen LogP contribution >= 0.6 is 23.1 Å². The van der Waals surface area contributed by atoms with E-state index in [1.807, 2.05) is 42.6 Å². The van der Waals surface area contributed by atoms with Crippen LogP contribution in [0.5, 0.6) is 5.75 Å². The number of carbonyl (C=O) groups excluding carboxylic acids is 1. The number of amidine groups is 1. The number of benzene rings is 1. The zero-order valence-corrected chi connectivity index (χ0v) is 14.4. The SMILES string of the molecule is CCN1C(=O)/C(=C/c2cccc(OC)c2)S/C1=N/c1nccs1. The van der Waals surface area contributed by atoms with Crippen LogP contribution in [0.25, 0.3) is 6.08 Å². The van der Waals surface area contributed by atoms with E-state index in [4.69, 9.17) is 4.74 Å². The minimum atomic E-state index is -0.0318. The summed E-state index contributed by atoms with van der Waals surface area (Å²) >= 11 is 2.82. The fourth-order valence-corrected chi connectivity index (χ4v) is 3.71. The predicted molar refractivity (Wildman–Crippen MR) is 95.2 cm³/mol. The Labute approximate surface area is 142 Å². The summed E-state index contributed by atoms with van der Waals surface area (Å²) in [5.41, 5.74) is 0.923. The number of amides is 1. The zero-order valence-electron chi connectivity index (χ0n) is 12.7. The van der Waals surface area contributed by atoms with Crippen LogP contribution in [0.1, 0.15) is 12.5 Å². The van der Waals surface area contributed by atoms with Crippen LogP contribution in [0.15, 0.2) is 45.7 Å². The standard InChI is InChI=1S/C16H15N3O2S2/c1-3-19-14(20)13(10-11-5-4-6-12(9-11)21-2)23-16(19)18-15-17-7-8-22-15/h4-10H,3H2,1-2H3/b13-10-,18-16+. The zero-order chi connectivity index (χ0) is 16.2. The van der Waals surface area contributed by atoms with E-state index < -0.39 is 0 Å². The van der Waals surface area contributed by atoms with E-state index in [1.54, 1.807) is 18.2 Å². The van der Waals surface area contributed by atoms with E-state index >= 15 is 0 Å². The van der Waals surface area contributed by atoms with Gasteiger partial charge in [0.15, 0.2) is 5.17 Å². The van der Waals surface area contributed by atoms with Crippen molar-refractivity contribution in [1.29, 1.82) is 0 Å². The van der Waals surface area contributed by atoms with E-state index in [0.29, 0.717) is 21.7 Å². The molecule has 0 spiro atoms. The third kappa shape index (κ3) is 3.46. The number of thiazole rings is 1. The lowest BCUT2D eigenvalue weighted by Crippen LogP contribution is -2.28. The van der Waals surface area contributed by atoms with Gasteiger partial charge in [-0.2, -0.15) is 4.99 Å². The van der Waals surface area contributed by atoms with E-state index in [0.717, 1.165) is 11.3 Å². The van der Waals surface area contributed by atoms with Crippen molar-refractivity contribution in [2.24, 2.45) is 4.99 Å². The molecule has 0 radical (unpaired) electrons. The largest absolute Gasteiger partial charge is 0.497 e. The fraction of sp³-hybridized carbons (Fsp3) is 0.188. The van der Waals surface area contributed by atoms with Gasteiger partial charge in [0, 0.05) is 18.1 Å². The Balaban J connectivity index is 1.91. The topological polar surface area (TPSA) is 54.8 Å². The van der Waals surface area contributed by atoms with Gasteiger partial charge < -0.3 is 4.74 Å². The molecule has 0 bridgehead atoms. The van der Waals surface area contributed by atoms with Crippen molar-refractivity contribution in [3.05, 3.63) is 46.3 Å². The number of rotatable bonds is 4. The van der Waals surface area contributed by atoms with Crippen molar-refractivity contribution < 1.29 is 9.53 Å². The highest BCUT2D eigenvalue weighted by atomic mass is 32.2. The number of aliphatic imine (C=N–C) groups is 1. The Morgan fingerprint density at radius 3 is 3.00 bits per heavy atom. The van der Waals surface area contributed by atoms with Gasteiger partial charge >= 0.3 is 0 Å². The lowest BCUT2D eigenvalue weighted by atomic mass is 10.2. The summed E-state index contributed by atoms with van der Waals surface area (Å²) in [4.78, 5) is 23.5. The quantitative estimate of drug-likeness (QED) is 0.792. The normalized spacial score (nSPS) is 18.2. The summed E-state index contributed by atoms with van der Waals surface area (Å²) in [5, 5.41) is 3.19. The molecule has 2 aromatic rings. The molecular formula is C16H15N3O2S2. The predicted octanol–water partition coefficient (Wildman–Crippen LogP) is 3.78. The Morgan fingerprint density at radius 1 is 1.43 bits per heavy atom. The van der Waals surface area contributed by atoms with E-state index in [-0.39, 0.29) is 5.91 Å². The van der Waals surface area contributed by atoms with E-state index in [2.05, 4.69) is 9.98 Å². The monoisotopic (exact) mass is 345 g/mol. The Morgan fingerprint density at radius 2 is 2.30 bits per heavy atom. The molecule has 1 fully saturated rings. The second-order valence-corrected chi connectivity index (χ2v) is 6.53. The molecule has 118 valence electrons. The van der Waals surface area contributed by atoms with Crippen LogP contribution in [-0.2, 0) is 4.79 Å². The molecular weight excluding hydrogens is 330 g/mol. The molecule has 1 saturated heterocycles. The van der Waals surface area contributed by atoms with Crippen molar-refractivity contribution >= 4 is 45.4 Å². The first-order chi connectivity index (χ1) is 11.2.